The Balaban J connectivity index is 2.14. The van der Waals surface area contributed by atoms with Crippen LogP contribution in [-0.2, 0) is 13.2 Å². The molecule has 0 atom stereocenters. The van der Waals surface area contributed by atoms with E-state index in [1.165, 1.54) is 18.2 Å². The van der Waals surface area contributed by atoms with Crippen molar-refractivity contribution in [3.8, 4) is 5.75 Å². The number of ether oxygens (including phenoxy) is 1. The summed E-state index contributed by atoms with van der Waals surface area (Å²) in [5.74, 6) is 0.456. The van der Waals surface area contributed by atoms with Crippen LogP contribution in [-0.4, -0.2) is 10.0 Å². The fraction of sp³-hybridized carbons (Fsp3) is 0.143. The number of nitro groups is 1. The van der Waals surface area contributed by atoms with Crippen molar-refractivity contribution in [2.45, 2.75) is 13.2 Å². The molecule has 0 fully saturated rings. The third-order valence-electron chi connectivity index (χ3n) is 2.66. The molecule has 0 saturated heterocycles. The minimum absolute atomic E-state index is 0.0592. The topological polar surface area (TPSA) is 72.6 Å². The van der Waals surface area contributed by atoms with Crippen LogP contribution in [0.25, 0.3) is 0 Å². The molecule has 0 bridgehead atoms. The smallest absolute Gasteiger partial charge is 0.270 e. The van der Waals surface area contributed by atoms with Crippen molar-refractivity contribution in [2.24, 2.45) is 0 Å². The zero-order chi connectivity index (χ0) is 13.7. The van der Waals surface area contributed by atoms with Gasteiger partial charge in [0.1, 0.15) is 12.4 Å². The first-order chi connectivity index (χ1) is 9.20. The average molecular weight is 259 g/mol. The Bertz CT molecular complexity index is 569. The number of hydrogen-bond donors (Lipinski definition) is 1. The van der Waals surface area contributed by atoms with Gasteiger partial charge in [-0.1, -0.05) is 30.3 Å². The minimum Gasteiger partial charge on any atom is -0.489 e. The van der Waals surface area contributed by atoms with Gasteiger partial charge in [-0.25, -0.2) is 0 Å². The third-order valence-corrected chi connectivity index (χ3v) is 2.66. The van der Waals surface area contributed by atoms with E-state index >= 15 is 0 Å². The summed E-state index contributed by atoms with van der Waals surface area (Å²) in [5, 5.41) is 19.9. The lowest BCUT2D eigenvalue weighted by Gasteiger charge is -2.09. The predicted octanol–water partition coefficient (Wildman–Crippen LogP) is 2.67. The molecule has 0 radical (unpaired) electrons. The number of aliphatic hydroxyl groups excluding tert-OH is 1. The first kappa shape index (κ1) is 13.0. The second-order valence-corrected chi connectivity index (χ2v) is 3.98. The van der Waals surface area contributed by atoms with Gasteiger partial charge >= 0.3 is 0 Å². The Kier molecular flexibility index (Phi) is 4.10. The van der Waals surface area contributed by atoms with E-state index in [0.717, 1.165) is 5.56 Å². The molecule has 0 aliphatic carbocycles. The number of aliphatic hydroxyl groups is 1. The number of benzene rings is 2. The van der Waals surface area contributed by atoms with Crippen molar-refractivity contribution < 1.29 is 14.8 Å². The summed E-state index contributed by atoms with van der Waals surface area (Å²) in [4.78, 5) is 10.1. The highest BCUT2D eigenvalue weighted by Crippen LogP contribution is 2.25. The highest BCUT2D eigenvalue weighted by molar-refractivity contribution is 5.43. The first-order valence-corrected chi connectivity index (χ1v) is 5.75. The van der Waals surface area contributed by atoms with Crippen molar-refractivity contribution in [1.82, 2.24) is 0 Å². The standard InChI is InChI=1S/C14H13NO4/c16-9-12-8-13(15(17)18)6-7-14(12)19-10-11-4-2-1-3-5-11/h1-8,16H,9-10H2. The van der Waals surface area contributed by atoms with E-state index in [-0.39, 0.29) is 12.3 Å². The van der Waals surface area contributed by atoms with Gasteiger partial charge in [-0.2, -0.15) is 0 Å². The van der Waals surface area contributed by atoms with Gasteiger partial charge in [-0.3, -0.25) is 10.1 Å². The van der Waals surface area contributed by atoms with Gasteiger partial charge in [-0.05, 0) is 11.6 Å². The molecule has 0 aliphatic heterocycles. The lowest BCUT2D eigenvalue weighted by molar-refractivity contribution is -0.385. The fourth-order valence-corrected chi connectivity index (χ4v) is 1.68. The van der Waals surface area contributed by atoms with Crippen LogP contribution in [0.4, 0.5) is 5.69 Å². The van der Waals surface area contributed by atoms with Crippen LogP contribution in [0.15, 0.2) is 48.5 Å². The van der Waals surface area contributed by atoms with Crippen LogP contribution in [0.2, 0.25) is 0 Å². The molecule has 0 aromatic heterocycles. The fourth-order valence-electron chi connectivity index (χ4n) is 1.68. The Labute approximate surface area is 110 Å². The Hall–Kier alpha value is -2.40. The van der Waals surface area contributed by atoms with Gasteiger partial charge in [0.2, 0.25) is 0 Å². The molecule has 0 heterocycles. The largest absolute Gasteiger partial charge is 0.489 e. The van der Waals surface area contributed by atoms with Crippen molar-refractivity contribution >= 4 is 5.69 Å². The molecule has 5 heteroatoms. The van der Waals surface area contributed by atoms with E-state index < -0.39 is 4.92 Å². The molecule has 98 valence electrons. The zero-order valence-corrected chi connectivity index (χ0v) is 10.2. The van der Waals surface area contributed by atoms with Crippen molar-refractivity contribution in [2.75, 3.05) is 0 Å². The maximum atomic E-state index is 10.6. The third kappa shape index (κ3) is 3.29. The number of nitrogens with zero attached hydrogens (tertiary/aromatic N) is 1. The summed E-state index contributed by atoms with van der Waals surface area (Å²) in [6, 6.07) is 13.7. The lowest BCUT2D eigenvalue weighted by atomic mass is 10.2. The van der Waals surface area contributed by atoms with E-state index in [0.29, 0.717) is 17.9 Å². The minimum atomic E-state index is -0.500. The monoisotopic (exact) mass is 259 g/mol. The molecule has 1 N–H and O–H groups in total. The molecule has 2 aromatic rings. The van der Waals surface area contributed by atoms with Crippen LogP contribution in [0.5, 0.6) is 5.75 Å². The van der Waals surface area contributed by atoms with Crippen LogP contribution in [0, 0.1) is 10.1 Å². The average Bonchev–Trinajstić information content (AvgIpc) is 2.45. The van der Waals surface area contributed by atoms with Gasteiger partial charge in [0.25, 0.3) is 5.69 Å². The van der Waals surface area contributed by atoms with Crippen molar-refractivity contribution in [3.05, 3.63) is 69.8 Å². The molecule has 0 saturated carbocycles. The van der Waals surface area contributed by atoms with Crippen LogP contribution in [0.3, 0.4) is 0 Å². The van der Waals surface area contributed by atoms with E-state index in [2.05, 4.69) is 0 Å². The van der Waals surface area contributed by atoms with Gasteiger partial charge in [0.15, 0.2) is 0 Å². The Morgan fingerprint density at radius 2 is 1.89 bits per heavy atom. The maximum Gasteiger partial charge on any atom is 0.270 e. The molecular weight excluding hydrogens is 246 g/mol. The molecule has 2 rings (SSSR count). The van der Waals surface area contributed by atoms with E-state index in [1.807, 2.05) is 30.3 Å². The number of nitro benzene ring substituents is 1. The summed E-state index contributed by atoms with van der Waals surface area (Å²) in [7, 11) is 0. The number of non-ortho nitro benzene ring substituents is 1. The quantitative estimate of drug-likeness (QED) is 0.661. The van der Waals surface area contributed by atoms with E-state index in [1.54, 1.807) is 0 Å². The first-order valence-electron chi connectivity index (χ1n) is 5.75. The zero-order valence-electron chi connectivity index (χ0n) is 10.2. The molecular formula is C14H13NO4. The molecule has 2 aromatic carbocycles. The molecule has 0 unspecified atom stereocenters. The molecule has 0 amide bonds. The van der Waals surface area contributed by atoms with Crippen LogP contribution < -0.4 is 4.74 Å². The van der Waals surface area contributed by atoms with Crippen LogP contribution >= 0.6 is 0 Å². The summed E-state index contributed by atoms with van der Waals surface area (Å²) >= 11 is 0. The molecule has 0 aliphatic rings. The van der Waals surface area contributed by atoms with Gasteiger partial charge < -0.3 is 9.84 Å². The van der Waals surface area contributed by atoms with Gasteiger partial charge in [0.05, 0.1) is 11.5 Å². The summed E-state index contributed by atoms with van der Waals surface area (Å²) in [5.41, 5.74) is 1.34. The van der Waals surface area contributed by atoms with Crippen LogP contribution in [0.1, 0.15) is 11.1 Å². The molecule has 19 heavy (non-hydrogen) atoms. The summed E-state index contributed by atoms with van der Waals surface area (Å²) in [6.45, 7) is 0.0530. The molecule has 5 nitrogen and oxygen atoms in total. The Morgan fingerprint density at radius 3 is 2.53 bits per heavy atom. The van der Waals surface area contributed by atoms with E-state index in [9.17, 15) is 15.2 Å². The maximum absolute atomic E-state index is 10.6. The van der Waals surface area contributed by atoms with Gasteiger partial charge in [0, 0.05) is 17.7 Å². The van der Waals surface area contributed by atoms with Crippen molar-refractivity contribution in [3.63, 3.8) is 0 Å². The Morgan fingerprint density at radius 1 is 1.16 bits per heavy atom. The highest BCUT2D eigenvalue weighted by Gasteiger charge is 2.11. The number of hydrogen-bond acceptors (Lipinski definition) is 4. The second kappa shape index (κ2) is 5.97. The van der Waals surface area contributed by atoms with E-state index in [4.69, 9.17) is 4.74 Å². The molecule has 0 spiro atoms. The normalized spacial score (nSPS) is 10.2. The van der Waals surface area contributed by atoms with Crippen molar-refractivity contribution in [1.29, 1.82) is 0 Å². The predicted molar refractivity (Wildman–Crippen MR) is 69.8 cm³/mol. The lowest BCUT2D eigenvalue weighted by Crippen LogP contribution is -1.99. The number of rotatable bonds is 5. The van der Waals surface area contributed by atoms with Gasteiger partial charge in [-0.15, -0.1) is 0 Å². The highest BCUT2D eigenvalue weighted by atomic mass is 16.6. The summed E-state index contributed by atoms with van der Waals surface area (Å²) in [6.07, 6.45) is 0. The summed E-state index contributed by atoms with van der Waals surface area (Å²) < 4.78 is 5.57. The SMILES string of the molecule is O=[N+]([O-])c1ccc(OCc2ccccc2)c(CO)c1. The second-order valence-electron chi connectivity index (χ2n) is 3.98.